The van der Waals surface area contributed by atoms with Gasteiger partial charge in [-0.1, -0.05) is 0 Å². The van der Waals surface area contributed by atoms with E-state index in [0.717, 1.165) is 30.8 Å². The van der Waals surface area contributed by atoms with Crippen molar-refractivity contribution in [2.24, 2.45) is 5.73 Å². The first-order chi connectivity index (χ1) is 8.13. The summed E-state index contributed by atoms with van der Waals surface area (Å²) < 4.78 is 0. The van der Waals surface area contributed by atoms with Gasteiger partial charge in [-0.05, 0) is 19.8 Å². The number of thiazole rings is 1. The molecule has 0 aliphatic carbocycles. The monoisotopic (exact) mass is 254 g/mol. The molecular weight excluding hydrogens is 236 g/mol. The topological polar surface area (TPSA) is 71.2 Å². The maximum atomic E-state index is 11.8. The van der Waals surface area contributed by atoms with Crippen LogP contribution in [-0.4, -0.2) is 41.5 Å². The lowest BCUT2D eigenvalue weighted by molar-refractivity contribution is -0.117. The molecule has 0 saturated carbocycles. The van der Waals surface area contributed by atoms with Crippen LogP contribution in [0.1, 0.15) is 17.7 Å². The Kier molecular flexibility index (Phi) is 4.09. The van der Waals surface area contributed by atoms with Gasteiger partial charge in [-0.3, -0.25) is 9.69 Å². The largest absolute Gasteiger partial charge is 0.328 e. The van der Waals surface area contributed by atoms with Crippen molar-refractivity contribution in [3.05, 3.63) is 11.1 Å². The van der Waals surface area contributed by atoms with E-state index in [1.807, 2.05) is 6.92 Å². The molecule has 3 N–H and O–H groups in total. The Morgan fingerprint density at radius 1 is 1.65 bits per heavy atom. The quantitative estimate of drug-likeness (QED) is 0.837. The minimum absolute atomic E-state index is 0.00909. The summed E-state index contributed by atoms with van der Waals surface area (Å²) in [7, 11) is 0. The molecule has 0 atom stereocenters. The average Bonchev–Trinajstić information content (AvgIpc) is 2.67. The summed E-state index contributed by atoms with van der Waals surface area (Å²) in [6.07, 6.45) is 3.72. The Balaban J connectivity index is 1.77. The van der Waals surface area contributed by atoms with Gasteiger partial charge in [-0.15, -0.1) is 11.3 Å². The van der Waals surface area contributed by atoms with E-state index in [2.05, 4.69) is 15.2 Å². The zero-order chi connectivity index (χ0) is 12.3. The fraction of sp³-hybridized carbons (Fsp3) is 0.636. The van der Waals surface area contributed by atoms with Crippen LogP contribution in [-0.2, 0) is 4.79 Å². The third kappa shape index (κ3) is 3.76. The molecule has 1 fully saturated rings. The Hall–Kier alpha value is -0.980. The fourth-order valence-corrected chi connectivity index (χ4v) is 2.57. The van der Waals surface area contributed by atoms with Crippen LogP contribution in [0.4, 0.5) is 5.13 Å². The van der Waals surface area contributed by atoms with Crippen LogP contribution in [0.2, 0.25) is 0 Å². The standard InChI is InChI=1S/C11H18N4OS/c1-8-6-13-11(17-8)14-10(16)7-15-4-2-9(12)3-5-15/h6,9H,2-5,7,12H2,1H3,(H,13,14,16). The van der Waals surface area contributed by atoms with Crippen molar-refractivity contribution < 1.29 is 4.79 Å². The van der Waals surface area contributed by atoms with E-state index in [0.29, 0.717) is 17.7 Å². The van der Waals surface area contributed by atoms with Crippen molar-refractivity contribution in [1.29, 1.82) is 0 Å². The molecule has 17 heavy (non-hydrogen) atoms. The highest BCUT2D eigenvalue weighted by atomic mass is 32.1. The van der Waals surface area contributed by atoms with Crippen LogP contribution in [0.25, 0.3) is 0 Å². The van der Waals surface area contributed by atoms with Crippen LogP contribution >= 0.6 is 11.3 Å². The van der Waals surface area contributed by atoms with Gasteiger partial charge in [0.15, 0.2) is 5.13 Å². The lowest BCUT2D eigenvalue weighted by Gasteiger charge is -2.29. The molecule has 2 heterocycles. The second-order valence-electron chi connectivity index (χ2n) is 4.44. The second-order valence-corrected chi connectivity index (χ2v) is 5.67. The molecule has 0 aromatic carbocycles. The van der Waals surface area contributed by atoms with E-state index in [9.17, 15) is 4.79 Å². The molecule has 1 saturated heterocycles. The molecule has 2 rings (SSSR count). The number of nitrogens with one attached hydrogen (secondary N) is 1. The molecule has 0 bridgehead atoms. The Bertz CT molecular complexity index is 385. The summed E-state index contributed by atoms with van der Waals surface area (Å²) in [5.74, 6) is 0.00909. The zero-order valence-corrected chi connectivity index (χ0v) is 10.8. The van der Waals surface area contributed by atoms with Gasteiger partial charge < -0.3 is 11.1 Å². The van der Waals surface area contributed by atoms with Crippen LogP contribution < -0.4 is 11.1 Å². The van der Waals surface area contributed by atoms with Crippen molar-refractivity contribution in [3.63, 3.8) is 0 Å². The van der Waals surface area contributed by atoms with Crippen LogP contribution in [0, 0.1) is 6.92 Å². The third-order valence-electron chi connectivity index (χ3n) is 2.87. The Morgan fingerprint density at radius 2 is 2.35 bits per heavy atom. The first-order valence-corrected chi connectivity index (χ1v) is 6.65. The first kappa shape index (κ1) is 12.5. The number of rotatable bonds is 3. The van der Waals surface area contributed by atoms with Gasteiger partial charge in [0.25, 0.3) is 0 Å². The van der Waals surface area contributed by atoms with Gasteiger partial charge in [0.2, 0.25) is 5.91 Å². The molecular formula is C11H18N4OS. The third-order valence-corrected chi connectivity index (χ3v) is 3.70. The highest BCUT2D eigenvalue weighted by Crippen LogP contribution is 2.16. The minimum atomic E-state index is 0.00909. The molecule has 0 radical (unpaired) electrons. The van der Waals surface area contributed by atoms with Crippen LogP contribution in [0.5, 0.6) is 0 Å². The number of amides is 1. The number of carbonyl (C=O) groups excluding carboxylic acids is 1. The summed E-state index contributed by atoms with van der Waals surface area (Å²) in [6.45, 7) is 4.22. The number of carbonyl (C=O) groups is 1. The maximum Gasteiger partial charge on any atom is 0.240 e. The zero-order valence-electron chi connectivity index (χ0n) is 9.98. The molecule has 1 aliphatic rings. The summed E-state index contributed by atoms with van der Waals surface area (Å²) in [6, 6.07) is 0.302. The number of hydrogen-bond acceptors (Lipinski definition) is 5. The normalized spacial score (nSPS) is 18.2. The highest BCUT2D eigenvalue weighted by Gasteiger charge is 2.18. The van der Waals surface area contributed by atoms with E-state index >= 15 is 0 Å². The summed E-state index contributed by atoms with van der Waals surface area (Å²) in [5.41, 5.74) is 5.82. The Labute approximate surface area is 105 Å². The van der Waals surface area contributed by atoms with Gasteiger partial charge in [0.1, 0.15) is 0 Å². The molecule has 6 heteroatoms. The minimum Gasteiger partial charge on any atom is -0.328 e. The summed E-state index contributed by atoms with van der Waals surface area (Å²) >= 11 is 1.50. The van der Waals surface area contributed by atoms with Crippen molar-refractivity contribution in [2.45, 2.75) is 25.8 Å². The lowest BCUT2D eigenvalue weighted by Crippen LogP contribution is -2.43. The number of aromatic nitrogens is 1. The van der Waals surface area contributed by atoms with E-state index in [4.69, 9.17) is 5.73 Å². The molecule has 1 aliphatic heterocycles. The van der Waals surface area contributed by atoms with E-state index in [1.165, 1.54) is 11.3 Å². The molecule has 1 aromatic rings. The predicted molar refractivity (Wildman–Crippen MR) is 69.1 cm³/mol. The molecule has 0 unspecified atom stereocenters. The number of nitrogens with zero attached hydrogens (tertiary/aromatic N) is 2. The molecule has 1 amide bonds. The molecule has 1 aromatic heterocycles. The first-order valence-electron chi connectivity index (χ1n) is 5.83. The van der Waals surface area contributed by atoms with E-state index < -0.39 is 0 Å². The SMILES string of the molecule is Cc1cnc(NC(=O)CN2CCC(N)CC2)s1. The van der Waals surface area contributed by atoms with Crippen molar-refractivity contribution in [2.75, 3.05) is 25.0 Å². The summed E-state index contributed by atoms with van der Waals surface area (Å²) in [4.78, 5) is 19.1. The van der Waals surface area contributed by atoms with Gasteiger partial charge in [-0.25, -0.2) is 4.98 Å². The van der Waals surface area contributed by atoms with Gasteiger partial charge in [0.05, 0.1) is 6.54 Å². The number of nitrogens with two attached hydrogens (primary N) is 1. The molecule has 94 valence electrons. The lowest BCUT2D eigenvalue weighted by atomic mass is 10.1. The second kappa shape index (κ2) is 5.57. The average molecular weight is 254 g/mol. The van der Waals surface area contributed by atoms with Crippen molar-refractivity contribution in [3.8, 4) is 0 Å². The van der Waals surface area contributed by atoms with Gasteiger partial charge in [-0.2, -0.15) is 0 Å². The fourth-order valence-electron chi connectivity index (χ4n) is 1.89. The number of likely N-dealkylation sites (tertiary alicyclic amines) is 1. The van der Waals surface area contributed by atoms with Gasteiger partial charge in [0, 0.05) is 30.2 Å². The Morgan fingerprint density at radius 3 is 2.94 bits per heavy atom. The maximum absolute atomic E-state index is 11.8. The number of aryl methyl sites for hydroxylation is 1. The van der Waals surface area contributed by atoms with Crippen LogP contribution in [0.15, 0.2) is 6.20 Å². The molecule has 0 spiro atoms. The number of anilines is 1. The van der Waals surface area contributed by atoms with Crippen LogP contribution in [0.3, 0.4) is 0 Å². The van der Waals surface area contributed by atoms with E-state index in [-0.39, 0.29) is 5.91 Å². The smallest absolute Gasteiger partial charge is 0.240 e. The van der Waals surface area contributed by atoms with Crippen molar-refractivity contribution >= 4 is 22.4 Å². The number of piperidine rings is 1. The number of hydrogen-bond donors (Lipinski definition) is 2. The van der Waals surface area contributed by atoms with Gasteiger partial charge >= 0.3 is 0 Å². The molecule has 5 nitrogen and oxygen atoms in total. The predicted octanol–water partition coefficient (Wildman–Crippen LogP) is 0.813. The summed E-state index contributed by atoms with van der Waals surface area (Å²) in [5, 5.41) is 3.50. The highest BCUT2D eigenvalue weighted by molar-refractivity contribution is 7.15. The van der Waals surface area contributed by atoms with Crippen molar-refractivity contribution in [1.82, 2.24) is 9.88 Å². The van der Waals surface area contributed by atoms with E-state index in [1.54, 1.807) is 6.20 Å².